The second-order valence-corrected chi connectivity index (χ2v) is 10.2. The maximum atomic E-state index is 13.1. The Morgan fingerprint density at radius 1 is 1.00 bits per heavy atom. The van der Waals surface area contributed by atoms with E-state index in [9.17, 15) is 28.9 Å². The van der Waals surface area contributed by atoms with Gasteiger partial charge in [-0.1, -0.05) is 24.3 Å². The zero-order chi connectivity index (χ0) is 29.6. The van der Waals surface area contributed by atoms with E-state index in [1.807, 2.05) is 0 Å². The van der Waals surface area contributed by atoms with Gasteiger partial charge in [-0.3, -0.25) is 29.4 Å². The first kappa shape index (κ1) is 28.4. The fourth-order valence-electron chi connectivity index (χ4n) is 4.31. The molecule has 12 nitrogen and oxygen atoms in total. The first-order chi connectivity index (χ1) is 20.3. The number of rotatable bonds is 11. The van der Waals surface area contributed by atoms with Gasteiger partial charge in [0, 0.05) is 19.2 Å². The van der Waals surface area contributed by atoms with Crippen LogP contribution in [0.15, 0.2) is 70.2 Å². The number of halogens is 1. The number of carbonyl (C=O) groups is 3. The third-order valence-corrected chi connectivity index (χ3v) is 7.32. The molecule has 42 heavy (non-hydrogen) atoms. The van der Waals surface area contributed by atoms with Gasteiger partial charge >= 0.3 is 5.69 Å². The molecule has 0 bridgehead atoms. The number of nitrogens with one attached hydrogen (secondary N) is 2. The summed E-state index contributed by atoms with van der Waals surface area (Å²) in [5.41, 5.74) is 1.73. The number of aromatic nitrogens is 2. The number of hydrogen-bond acceptors (Lipinski definition) is 10. The van der Waals surface area contributed by atoms with Gasteiger partial charge < -0.3 is 10.6 Å². The number of nitrogens with zero attached hydrogens (tertiary/aromatic N) is 4. The molecule has 1 aromatic heterocycles. The van der Waals surface area contributed by atoms with Gasteiger partial charge in [0.25, 0.3) is 17.1 Å². The number of anilines is 2. The number of hydrogen-bond donors (Lipinski definition) is 2. The number of nitro groups is 1. The Hall–Kier alpha value is -5.11. The van der Waals surface area contributed by atoms with Crippen molar-refractivity contribution in [3.05, 3.63) is 92.6 Å². The molecule has 0 spiro atoms. The molecule has 14 heteroatoms. The highest BCUT2D eigenvalue weighted by Gasteiger charge is 2.34. The summed E-state index contributed by atoms with van der Waals surface area (Å²) in [5, 5.41) is 24.2. The van der Waals surface area contributed by atoms with Crippen LogP contribution in [0.25, 0.3) is 17.1 Å². The molecule has 3 aromatic carbocycles. The predicted molar refractivity (Wildman–Crippen MR) is 153 cm³/mol. The molecule has 214 valence electrons. The smallest absolute Gasteiger partial charge is 0.300 e. The van der Waals surface area contributed by atoms with E-state index in [0.717, 1.165) is 11.8 Å². The number of carbonyl (C=O) groups excluding carboxylic acids is 3. The van der Waals surface area contributed by atoms with Gasteiger partial charge in [0.2, 0.25) is 5.52 Å². The fourth-order valence-corrected chi connectivity index (χ4v) is 5.17. The quantitative estimate of drug-likeness (QED) is 0.0966. The molecule has 0 aliphatic carbocycles. The van der Waals surface area contributed by atoms with Crippen LogP contribution in [-0.4, -0.2) is 50.3 Å². The molecule has 0 atom stereocenters. The van der Waals surface area contributed by atoms with E-state index >= 15 is 0 Å². The van der Waals surface area contributed by atoms with Gasteiger partial charge in [-0.05, 0) is 83.3 Å². The Morgan fingerprint density at radius 3 is 2.55 bits per heavy atom. The average Bonchev–Trinajstić information content (AvgIpc) is 3.57. The van der Waals surface area contributed by atoms with Crippen LogP contribution < -0.4 is 10.6 Å². The summed E-state index contributed by atoms with van der Waals surface area (Å²) in [5.74, 6) is -1.09. The second-order valence-electron chi connectivity index (χ2n) is 9.22. The molecule has 1 aliphatic rings. The maximum Gasteiger partial charge on any atom is 0.300 e. The van der Waals surface area contributed by atoms with Crippen molar-refractivity contribution in [1.82, 2.24) is 20.5 Å². The average molecular weight is 591 g/mol. The molecule has 3 amide bonds. The lowest BCUT2D eigenvalue weighted by Crippen LogP contribution is -2.29. The van der Waals surface area contributed by atoms with E-state index < -0.39 is 4.92 Å². The molecule has 4 aromatic rings. The molecule has 2 heterocycles. The van der Waals surface area contributed by atoms with Crippen molar-refractivity contribution < 1.29 is 28.3 Å². The van der Waals surface area contributed by atoms with Crippen molar-refractivity contribution in [1.29, 1.82) is 0 Å². The van der Waals surface area contributed by atoms with Gasteiger partial charge in [-0.15, -0.1) is 0 Å². The standard InChI is InChI=1S/C28H23FN6O6S/c29-18-10-8-17(9-11-18)16-23-27(37)34(28(38)42-23)15-5-1-4-14-30-26(36)19-6-2-3-7-20(19)31-21-12-13-22(35(39)40)25-24(21)32-41-33-25/h2-3,6-13,16,31H,1,4-5,14-15H2,(H,30,36)/b23-16-. The zero-order valence-corrected chi connectivity index (χ0v) is 22.7. The van der Waals surface area contributed by atoms with Gasteiger partial charge in [-0.25, -0.2) is 9.02 Å². The molecule has 5 rings (SSSR count). The predicted octanol–water partition coefficient (Wildman–Crippen LogP) is 5.65. The van der Waals surface area contributed by atoms with E-state index in [0.29, 0.717) is 53.2 Å². The van der Waals surface area contributed by atoms with Crippen molar-refractivity contribution in [3.63, 3.8) is 0 Å². The van der Waals surface area contributed by atoms with E-state index in [2.05, 4.69) is 20.9 Å². The Balaban J connectivity index is 1.11. The highest BCUT2D eigenvalue weighted by molar-refractivity contribution is 8.18. The first-order valence-electron chi connectivity index (χ1n) is 12.9. The van der Waals surface area contributed by atoms with Crippen LogP contribution in [0.2, 0.25) is 0 Å². The van der Waals surface area contributed by atoms with Crippen LogP contribution in [0.3, 0.4) is 0 Å². The highest BCUT2D eigenvalue weighted by Crippen LogP contribution is 2.33. The second kappa shape index (κ2) is 12.6. The number of fused-ring (bicyclic) bond motifs is 1. The summed E-state index contributed by atoms with van der Waals surface area (Å²) in [6.07, 6.45) is 3.42. The number of non-ortho nitro benzene ring substituents is 1. The Labute approximate surface area is 242 Å². The Kier molecular flexibility index (Phi) is 8.52. The third-order valence-electron chi connectivity index (χ3n) is 6.42. The van der Waals surface area contributed by atoms with Crippen molar-refractivity contribution in [2.45, 2.75) is 19.3 Å². The summed E-state index contributed by atoms with van der Waals surface area (Å²) in [6, 6.07) is 15.2. The van der Waals surface area contributed by atoms with Crippen molar-refractivity contribution >= 4 is 63.0 Å². The lowest BCUT2D eigenvalue weighted by atomic mass is 10.1. The molecular formula is C28H23FN6O6S. The van der Waals surface area contributed by atoms with Crippen molar-refractivity contribution in [2.75, 3.05) is 18.4 Å². The SMILES string of the molecule is O=C(NCCCCCN1C(=O)S/C(=C\c2ccc(F)cc2)C1=O)c1ccccc1Nc1ccc([N+](=O)[O-])c2nonc12. The van der Waals surface area contributed by atoms with E-state index in [1.54, 1.807) is 30.3 Å². The van der Waals surface area contributed by atoms with Gasteiger partial charge in [0.1, 0.15) is 5.82 Å². The summed E-state index contributed by atoms with van der Waals surface area (Å²) < 4.78 is 17.8. The number of thioether (sulfide) groups is 1. The van der Waals surface area contributed by atoms with Crippen LogP contribution in [0, 0.1) is 15.9 Å². The fraction of sp³-hybridized carbons (Fsp3) is 0.179. The molecule has 0 unspecified atom stereocenters. The number of amides is 3. The summed E-state index contributed by atoms with van der Waals surface area (Å²) in [6.45, 7) is 0.626. The zero-order valence-electron chi connectivity index (χ0n) is 21.9. The lowest BCUT2D eigenvalue weighted by molar-refractivity contribution is -0.383. The van der Waals surface area contributed by atoms with Crippen LogP contribution in [0.5, 0.6) is 0 Å². The number of unbranched alkanes of at least 4 members (excludes halogenated alkanes) is 2. The highest BCUT2D eigenvalue weighted by atomic mass is 32.2. The van der Waals surface area contributed by atoms with Crippen molar-refractivity contribution in [2.24, 2.45) is 0 Å². The minimum absolute atomic E-state index is 0.0111. The van der Waals surface area contributed by atoms with E-state index in [1.165, 1.54) is 41.3 Å². The normalized spacial score (nSPS) is 14.1. The topological polar surface area (TPSA) is 161 Å². The molecule has 1 aliphatic heterocycles. The molecule has 0 radical (unpaired) electrons. The number of para-hydroxylation sites is 1. The Bertz CT molecular complexity index is 1710. The maximum absolute atomic E-state index is 13.1. The Morgan fingerprint density at radius 2 is 1.76 bits per heavy atom. The van der Waals surface area contributed by atoms with Crippen LogP contribution in [0.1, 0.15) is 35.2 Å². The van der Waals surface area contributed by atoms with Gasteiger partial charge in [-0.2, -0.15) is 0 Å². The van der Waals surface area contributed by atoms with Crippen LogP contribution in [0.4, 0.5) is 26.2 Å². The van der Waals surface area contributed by atoms with Crippen LogP contribution >= 0.6 is 11.8 Å². The van der Waals surface area contributed by atoms with Gasteiger partial charge in [0.15, 0.2) is 5.52 Å². The summed E-state index contributed by atoms with van der Waals surface area (Å²) in [4.78, 5) is 50.1. The number of benzene rings is 3. The van der Waals surface area contributed by atoms with E-state index in [4.69, 9.17) is 4.63 Å². The van der Waals surface area contributed by atoms with Gasteiger partial charge in [0.05, 0.1) is 26.8 Å². The molecule has 2 N–H and O–H groups in total. The lowest BCUT2D eigenvalue weighted by Gasteiger charge is -2.13. The molecule has 1 saturated heterocycles. The summed E-state index contributed by atoms with van der Waals surface area (Å²) in [7, 11) is 0. The minimum atomic E-state index is -0.581. The minimum Gasteiger partial charge on any atom is -0.353 e. The first-order valence-corrected chi connectivity index (χ1v) is 13.7. The number of nitro benzene ring substituents is 1. The monoisotopic (exact) mass is 590 g/mol. The molecular weight excluding hydrogens is 567 g/mol. The van der Waals surface area contributed by atoms with Crippen molar-refractivity contribution in [3.8, 4) is 0 Å². The number of imide groups is 1. The molecule has 0 saturated carbocycles. The van der Waals surface area contributed by atoms with Crippen LogP contribution in [-0.2, 0) is 4.79 Å². The summed E-state index contributed by atoms with van der Waals surface area (Å²) >= 11 is 0.855. The molecule has 1 fully saturated rings. The third kappa shape index (κ3) is 6.28. The largest absolute Gasteiger partial charge is 0.353 e. The van der Waals surface area contributed by atoms with E-state index in [-0.39, 0.29) is 46.1 Å².